The van der Waals surface area contributed by atoms with Crippen LogP contribution in [0.4, 0.5) is 9.59 Å². The van der Waals surface area contributed by atoms with Crippen LogP contribution < -0.4 is 38.9 Å². The summed E-state index contributed by atoms with van der Waals surface area (Å²) in [5, 5.41) is 16.1. The van der Waals surface area contributed by atoms with E-state index < -0.39 is 11.7 Å². The molecule has 0 heterocycles. The molecule has 0 unspecified atom stereocenters. The first kappa shape index (κ1) is 50.9. The van der Waals surface area contributed by atoms with Gasteiger partial charge in [0.15, 0.2) is 5.84 Å². The van der Waals surface area contributed by atoms with Crippen molar-refractivity contribution in [2.75, 3.05) is 132 Å². The van der Waals surface area contributed by atoms with Gasteiger partial charge in [-0.25, -0.2) is 9.59 Å². The van der Waals surface area contributed by atoms with Crippen molar-refractivity contribution < 1.29 is 42.8 Å². The number of hydrogen-bond acceptors (Lipinski definition) is 14. The summed E-state index contributed by atoms with van der Waals surface area (Å²) < 4.78 is 32.9. The number of ether oxygens (including phenoxy) is 6. The number of rotatable bonds is 32. The van der Waals surface area contributed by atoms with Crippen molar-refractivity contribution in [2.24, 2.45) is 33.1 Å². The molecule has 0 bridgehead atoms. The Hall–Kier alpha value is -4.15. The number of nitrogens with zero attached hydrogens (tertiary/aromatic N) is 4. The van der Waals surface area contributed by atoms with E-state index in [1.807, 2.05) is 0 Å². The average molecular weight is 812 g/mol. The van der Waals surface area contributed by atoms with Crippen LogP contribution in [0.3, 0.4) is 0 Å². The first-order valence-corrected chi connectivity index (χ1v) is 19.3. The van der Waals surface area contributed by atoms with Gasteiger partial charge in [-0.2, -0.15) is 0 Å². The van der Waals surface area contributed by atoms with Crippen LogP contribution >= 0.6 is 0 Å². The average Bonchev–Trinajstić information content (AvgIpc) is 3.16. The number of amides is 4. The Morgan fingerprint density at radius 2 is 1.19 bits per heavy atom. The second-order valence-corrected chi connectivity index (χ2v) is 13.6. The highest BCUT2D eigenvalue weighted by atomic mass is 16.6. The van der Waals surface area contributed by atoms with Crippen LogP contribution in [0.5, 0.6) is 0 Å². The fourth-order valence-corrected chi connectivity index (χ4v) is 4.66. The molecule has 0 aliphatic rings. The van der Waals surface area contributed by atoms with Crippen LogP contribution in [0.2, 0.25) is 0 Å². The van der Waals surface area contributed by atoms with E-state index in [9.17, 15) is 14.4 Å². The molecule has 0 radical (unpaired) electrons. The van der Waals surface area contributed by atoms with Crippen LogP contribution in [0, 0.1) is 0 Å². The standard InChI is InChI=1S/C37H69N11O9/c1-30(40)45-46-34(41)32-7-5-31(6-8-32)29-33(49)42-11-14-48(16-15-47(17-23-52-19-9-38)18-24-53-20-10-39)35(50)43-12-21-54-25-27-56-28-26-55-22-13-44-36(51)57-37(2,3)4/h5-8H,9-29,38-39H2,1-4H3,(H2,40,45)(H2,41,46)(H,42,49)(H,43,50)(H,44,51). The highest BCUT2D eigenvalue weighted by molar-refractivity contribution is 5.97. The Labute approximate surface area is 337 Å². The third-order valence-electron chi connectivity index (χ3n) is 7.42. The van der Waals surface area contributed by atoms with Gasteiger partial charge < -0.3 is 72.2 Å². The van der Waals surface area contributed by atoms with Gasteiger partial charge in [-0.3, -0.25) is 9.69 Å². The highest BCUT2D eigenvalue weighted by Gasteiger charge is 2.17. The Balaban J connectivity index is 2.57. The molecule has 1 rings (SSSR count). The molecule has 0 aliphatic carbocycles. The van der Waals surface area contributed by atoms with Gasteiger partial charge in [-0.15, -0.1) is 10.2 Å². The summed E-state index contributed by atoms with van der Waals surface area (Å²) in [5.41, 5.74) is 23.5. The van der Waals surface area contributed by atoms with E-state index in [2.05, 4.69) is 31.1 Å². The van der Waals surface area contributed by atoms with E-state index in [4.69, 9.17) is 51.4 Å². The Morgan fingerprint density at radius 3 is 1.74 bits per heavy atom. The first-order valence-electron chi connectivity index (χ1n) is 19.3. The summed E-state index contributed by atoms with van der Waals surface area (Å²) in [6.45, 7) is 15.1. The fraction of sp³-hybridized carbons (Fsp3) is 0.703. The van der Waals surface area contributed by atoms with E-state index in [-0.39, 0.29) is 56.3 Å². The quantitative estimate of drug-likeness (QED) is 0.0203. The summed E-state index contributed by atoms with van der Waals surface area (Å²) in [6.07, 6.45) is -0.344. The minimum absolute atomic E-state index is 0.143. The first-order chi connectivity index (χ1) is 27.3. The third kappa shape index (κ3) is 28.8. The van der Waals surface area contributed by atoms with E-state index in [1.165, 1.54) is 0 Å². The molecule has 11 N–H and O–H groups in total. The molecule has 326 valence electrons. The number of alkyl carbamates (subject to hydrolysis) is 1. The van der Waals surface area contributed by atoms with Crippen molar-refractivity contribution in [1.82, 2.24) is 25.8 Å². The van der Waals surface area contributed by atoms with Crippen molar-refractivity contribution in [3.63, 3.8) is 0 Å². The van der Waals surface area contributed by atoms with Crippen LogP contribution in [0.15, 0.2) is 34.5 Å². The van der Waals surface area contributed by atoms with E-state index in [0.717, 1.165) is 5.56 Å². The predicted octanol–water partition coefficient (Wildman–Crippen LogP) is -0.819. The zero-order valence-corrected chi connectivity index (χ0v) is 34.4. The van der Waals surface area contributed by atoms with Crippen molar-refractivity contribution in [3.8, 4) is 0 Å². The number of carbonyl (C=O) groups is 3. The van der Waals surface area contributed by atoms with Gasteiger partial charge in [0.2, 0.25) is 5.91 Å². The summed E-state index contributed by atoms with van der Waals surface area (Å²) >= 11 is 0. The molecule has 0 fully saturated rings. The predicted molar refractivity (Wildman–Crippen MR) is 219 cm³/mol. The molecule has 0 atom stereocenters. The lowest BCUT2D eigenvalue weighted by atomic mass is 10.1. The number of amidine groups is 2. The van der Waals surface area contributed by atoms with Crippen LogP contribution in [-0.4, -0.2) is 177 Å². The monoisotopic (exact) mass is 812 g/mol. The van der Waals surface area contributed by atoms with E-state index >= 15 is 0 Å². The maximum Gasteiger partial charge on any atom is 0.407 e. The van der Waals surface area contributed by atoms with Gasteiger partial charge in [0, 0.05) is 71.0 Å². The number of nitrogens with two attached hydrogens (primary N) is 4. The number of urea groups is 1. The lowest BCUT2D eigenvalue weighted by Gasteiger charge is -2.28. The van der Waals surface area contributed by atoms with Crippen molar-refractivity contribution >= 4 is 29.7 Å². The fourth-order valence-electron chi connectivity index (χ4n) is 4.66. The second-order valence-electron chi connectivity index (χ2n) is 13.6. The molecule has 0 aromatic heterocycles. The van der Waals surface area contributed by atoms with Crippen molar-refractivity contribution in [2.45, 2.75) is 39.7 Å². The summed E-state index contributed by atoms with van der Waals surface area (Å²) in [6, 6.07) is 6.81. The Kier molecular flexibility index (Phi) is 28.5. The molecule has 0 saturated heterocycles. The van der Waals surface area contributed by atoms with Crippen molar-refractivity contribution in [1.29, 1.82) is 0 Å². The van der Waals surface area contributed by atoms with Crippen LogP contribution in [-0.2, 0) is 39.6 Å². The summed E-state index contributed by atoms with van der Waals surface area (Å²) in [7, 11) is 0. The lowest BCUT2D eigenvalue weighted by Crippen LogP contribution is -2.48. The zero-order valence-electron chi connectivity index (χ0n) is 34.4. The molecular weight excluding hydrogens is 742 g/mol. The zero-order chi connectivity index (χ0) is 42.2. The van der Waals surface area contributed by atoms with Gasteiger partial charge in [-0.05, 0) is 33.3 Å². The number of nitrogens with one attached hydrogen (secondary N) is 3. The topological polar surface area (TPSA) is 278 Å². The third-order valence-corrected chi connectivity index (χ3v) is 7.42. The molecule has 20 nitrogen and oxygen atoms in total. The molecular formula is C37H69N11O9. The van der Waals surface area contributed by atoms with Crippen LogP contribution in [0.1, 0.15) is 38.8 Å². The maximum atomic E-state index is 13.3. The molecule has 1 aromatic carbocycles. The molecule has 1 aromatic rings. The van der Waals surface area contributed by atoms with Crippen LogP contribution in [0.25, 0.3) is 0 Å². The summed E-state index contributed by atoms with van der Waals surface area (Å²) in [4.78, 5) is 41.6. The highest BCUT2D eigenvalue weighted by Crippen LogP contribution is 2.07. The normalized spacial score (nSPS) is 12.1. The van der Waals surface area contributed by atoms with Gasteiger partial charge in [-0.1, -0.05) is 24.3 Å². The SMILES string of the molecule is C/C(N)=N/N=C(\N)c1ccc(CC(=O)NCCN(CCN(CCOCCN)CCOCCN)C(=O)NCCOCCOCCOCCNC(=O)OC(C)(C)C)cc1. The molecule has 0 saturated carbocycles. The molecule has 0 aliphatic heterocycles. The van der Waals surface area contributed by atoms with Gasteiger partial charge in [0.25, 0.3) is 0 Å². The minimum Gasteiger partial charge on any atom is -0.444 e. The Morgan fingerprint density at radius 1 is 0.649 bits per heavy atom. The Bertz CT molecular complexity index is 1280. The smallest absolute Gasteiger partial charge is 0.407 e. The second kappa shape index (κ2) is 31.9. The summed E-state index contributed by atoms with van der Waals surface area (Å²) in [5.74, 6) is 0.304. The molecule has 20 heteroatoms. The lowest BCUT2D eigenvalue weighted by molar-refractivity contribution is -0.120. The van der Waals surface area contributed by atoms with Gasteiger partial charge in [0.05, 0.1) is 72.5 Å². The van der Waals surface area contributed by atoms with Gasteiger partial charge >= 0.3 is 12.1 Å². The van der Waals surface area contributed by atoms with Gasteiger partial charge in [0.1, 0.15) is 11.4 Å². The van der Waals surface area contributed by atoms with Crippen molar-refractivity contribution in [3.05, 3.63) is 35.4 Å². The van der Waals surface area contributed by atoms with E-state index in [0.29, 0.717) is 111 Å². The molecule has 0 spiro atoms. The molecule has 4 amide bonds. The largest absolute Gasteiger partial charge is 0.444 e. The number of hydrogen-bond donors (Lipinski definition) is 7. The number of carbonyl (C=O) groups excluding carboxylic acids is 3. The number of benzene rings is 1. The van der Waals surface area contributed by atoms with E-state index in [1.54, 1.807) is 56.9 Å². The maximum absolute atomic E-state index is 13.3. The minimum atomic E-state index is -0.553. The molecule has 57 heavy (non-hydrogen) atoms.